The Morgan fingerprint density at radius 1 is 0.237 bits per heavy atom. The van der Waals surface area contributed by atoms with Crippen LogP contribution in [0.1, 0.15) is 22.3 Å². The summed E-state index contributed by atoms with van der Waals surface area (Å²) in [6, 6.07) is 105. The molecule has 4 nitrogen and oxygen atoms in total. The van der Waals surface area contributed by atoms with E-state index in [4.69, 9.17) is 15.0 Å². The van der Waals surface area contributed by atoms with Crippen molar-refractivity contribution in [3.8, 4) is 67.5 Å². The fourth-order valence-corrected chi connectivity index (χ4v) is 11.5. The molecule has 0 amide bonds. The molecule has 12 aromatic carbocycles. The van der Waals surface area contributed by atoms with Gasteiger partial charge in [0.1, 0.15) is 0 Å². The molecule has 1 heterocycles. The number of rotatable bonds is 10. The maximum atomic E-state index is 5.33. The Balaban J connectivity index is 0.925. The van der Waals surface area contributed by atoms with Gasteiger partial charge in [-0.15, -0.1) is 0 Å². The van der Waals surface area contributed by atoms with E-state index in [-0.39, 0.29) is 0 Å². The van der Waals surface area contributed by atoms with Gasteiger partial charge in [-0.1, -0.05) is 237 Å². The standard InChI is InChI=1S/C72H48N4/c1-3-16-49(17-4-1)53-34-40-62(41-35-53)76(63-42-36-54(37-43-63)50-18-5-2-6-19-50)64-44-38-60(39-45-64)72(67-28-13-11-26-65(67)66-27-12-14-29-68(66)72)61-25-15-24-57(48-61)69-73-70(58-32-30-51-20-7-9-22-55(51)46-58)75-71(74-69)59-33-31-52-21-8-10-23-56(52)47-59/h1-48H. The Morgan fingerprint density at radius 2 is 0.592 bits per heavy atom. The Hall–Kier alpha value is -10.0. The Labute approximate surface area is 442 Å². The summed E-state index contributed by atoms with van der Waals surface area (Å²) in [5.74, 6) is 1.86. The van der Waals surface area contributed by atoms with E-state index in [1.807, 2.05) is 0 Å². The summed E-state index contributed by atoms with van der Waals surface area (Å²) >= 11 is 0. The summed E-state index contributed by atoms with van der Waals surface area (Å²) in [5.41, 5.74) is 17.2. The number of benzene rings is 12. The second-order valence-electron chi connectivity index (χ2n) is 19.6. The van der Waals surface area contributed by atoms with Crippen molar-refractivity contribution in [2.45, 2.75) is 5.41 Å². The molecule has 0 radical (unpaired) electrons. The summed E-state index contributed by atoms with van der Waals surface area (Å²) in [4.78, 5) is 18.2. The van der Waals surface area contributed by atoms with Crippen LogP contribution in [-0.4, -0.2) is 15.0 Å². The maximum Gasteiger partial charge on any atom is 0.164 e. The highest BCUT2D eigenvalue weighted by molar-refractivity contribution is 5.90. The third-order valence-electron chi connectivity index (χ3n) is 15.2. The van der Waals surface area contributed by atoms with Gasteiger partial charge in [-0.05, 0) is 132 Å². The van der Waals surface area contributed by atoms with Crippen molar-refractivity contribution in [2.24, 2.45) is 0 Å². The molecule has 0 saturated heterocycles. The molecule has 1 aliphatic rings. The first kappa shape index (κ1) is 44.7. The van der Waals surface area contributed by atoms with Crippen LogP contribution >= 0.6 is 0 Å². The molecule has 0 fully saturated rings. The molecule has 0 bridgehead atoms. The van der Waals surface area contributed by atoms with Crippen molar-refractivity contribution in [3.05, 3.63) is 313 Å². The summed E-state index contributed by atoms with van der Waals surface area (Å²) < 4.78 is 0. The Kier molecular flexibility index (Phi) is 11.0. The van der Waals surface area contributed by atoms with Gasteiger partial charge in [0.15, 0.2) is 17.5 Å². The molecule has 0 saturated carbocycles. The third kappa shape index (κ3) is 7.83. The lowest BCUT2D eigenvalue weighted by atomic mass is 9.67. The lowest BCUT2D eigenvalue weighted by Crippen LogP contribution is -2.28. The molecule has 0 unspecified atom stereocenters. The number of nitrogens with zero attached hydrogens (tertiary/aromatic N) is 4. The summed E-state index contributed by atoms with van der Waals surface area (Å²) in [6.07, 6.45) is 0. The normalized spacial score (nSPS) is 12.3. The predicted molar refractivity (Wildman–Crippen MR) is 314 cm³/mol. The third-order valence-corrected chi connectivity index (χ3v) is 15.2. The highest BCUT2D eigenvalue weighted by atomic mass is 15.1. The molecule has 0 aliphatic heterocycles. The van der Waals surface area contributed by atoms with Crippen LogP contribution in [0, 0.1) is 0 Å². The van der Waals surface area contributed by atoms with Crippen LogP contribution < -0.4 is 4.90 Å². The molecule has 356 valence electrons. The minimum absolute atomic E-state index is 0.612. The van der Waals surface area contributed by atoms with Crippen molar-refractivity contribution >= 4 is 38.6 Å². The fourth-order valence-electron chi connectivity index (χ4n) is 11.5. The zero-order valence-corrected chi connectivity index (χ0v) is 41.5. The van der Waals surface area contributed by atoms with Crippen LogP contribution in [0.3, 0.4) is 0 Å². The van der Waals surface area contributed by atoms with E-state index in [0.29, 0.717) is 17.5 Å². The average molecular weight is 969 g/mol. The molecule has 0 N–H and O–H groups in total. The summed E-state index contributed by atoms with van der Waals surface area (Å²) in [5, 5.41) is 4.60. The molecular formula is C72H48N4. The first-order valence-electron chi connectivity index (χ1n) is 25.9. The lowest BCUT2D eigenvalue weighted by Gasteiger charge is -2.35. The number of aromatic nitrogens is 3. The molecule has 1 aliphatic carbocycles. The van der Waals surface area contributed by atoms with Gasteiger partial charge in [-0.3, -0.25) is 0 Å². The van der Waals surface area contributed by atoms with E-state index in [2.05, 4.69) is 296 Å². The largest absolute Gasteiger partial charge is 0.311 e. The molecule has 4 heteroatoms. The van der Waals surface area contributed by atoms with Crippen molar-refractivity contribution < 1.29 is 0 Å². The second kappa shape index (κ2) is 18.8. The second-order valence-corrected chi connectivity index (χ2v) is 19.6. The van der Waals surface area contributed by atoms with Gasteiger partial charge < -0.3 is 4.90 Å². The van der Waals surface area contributed by atoms with Crippen LogP contribution in [0.2, 0.25) is 0 Å². The summed E-state index contributed by atoms with van der Waals surface area (Å²) in [6.45, 7) is 0. The quantitative estimate of drug-likeness (QED) is 0.137. The topological polar surface area (TPSA) is 41.9 Å². The van der Waals surface area contributed by atoms with Gasteiger partial charge in [0.05, 0.1) is 5.41 Å². The average Bonchev–Trinajstić information content (AvgIpc) is 3.84. The maximum absolute atomic E-state index is 5.33. The molecule has 76 heavy (non-hydrogen) atoms. The minimum Gasteiger partial charge on any atom is -0.311 e. The van der Waals surface area contributed by atoms with Crippen LogP contribution in [-0.2, 0) is 5.41 Å². The van der Waals surface area contributed by atoms with E-state index in [1.165, 1.54) is 55.3 Å². The molecule has 14 rings (SSSR count). The lowest BCUT2D eigenvalue weighted by molar-refractivity contribution is 0.768. The number of fused-ring (bicyclic) bond motifs is 5. The summed E-state index contributed by atoms with van der Waals surface area (Å²) in [7, 11) is 0. The Morgan fingerprint density at radius 3 is 1.07 bits per heavy atom. The molecular weight excluding hydrogens is 921 g/mol. The van der Waals surface area contributed by atoms with Crippen molar-refractivity contribution in [3.63, 3.8) is 0 Å². The van der Waals surface area contributed by atoms with Crippen LogP contribution in [0.15, 0.2) is 291 Å². The van der Waals surface area contributed by atoms with E-state index in [0.717, 1.165) is 55.7 Å². The van der Waals surface area contributed by atoms with Crippen LogP contribution in [0.4, 0.5) is 17.1 Å². The van der Waals surface area contributed by atoms with E-state index in [1.54, 1.807) is 0 Å². The number of anilines is 3. The van der Waals surface area contributed by atoms with Gasteiger partial charge >= 0.3 is 0 Å². The highest BCUT2D eigenvalue weighted by Crippen LogP contribution is 2.56. The zero-order chi connectivity index (χ0) is 50.4. The van der Waals surface area contributed by atoms with E-state index < -0.39 is 5.41 Å². The van der Waals surface area contributed by atoms with Crippen LogP contribution in [0.25, 0.3) is 89.1 Å². The van der Waals surface area contributed by atoms with Crippen molar-refractivity contribution in [1.29, 1.82) is 0 Å². The first-order chi connectivity index (χ1) is 37.6. The predicted octanol–water partition coefficient (Wildman–Crippen LogP) is 18.3. The molecule has 0 spiro atoms. The van der Waals surface area contributed by atoms with Crippen molar-refractivity contribution in [2.75, 3.05) is 4.90 Å². The van der Waals surface area contributed by atoms with Crippen molar-refractivity contribution in [1.82, 2.24) is 15.0 Å². The highest BCUT2D eigenvalue weighted by Gasteiger charge is 2.46. The molecule has 0 atom stereocenters. The van der Waals surface area contributed by atoms with Crippen LogP contribution in [0.5, 0.6) is 0 Å². The Bertz CT molecular complexity index is 4040. The molecule has 13 aromatic rings. The van der Waals surface area contributed by atoms with Gasteiger partial charge in [-0.25, -0.2) is 15.0 Å². The van der Waals surface area contributed by atoms with Gasteiger partial charge in [0, 0.05) is 33.8 Å². The van der Waals surface area contributed by atoms with E-state index >= 15 is 0 Å². The first-order valence-corrected chi connectivity index (χ1v) is 25.9. The zero-order valence-electron chi connectivity index (χ0n) is 41.5. The van der Waals surface area contributed by atoms with E-state index in [9.17, 15) is 0 Å². The number of hydrogen-bond acceptors (Lipinski definition) is 4. The monoisotopic (exact) mass is 968 g/mol. The van der Waals surface area contributed by atoms with Gasteiger partial charge in [0.2, 0.25) is 0 Å². The smallest absolute Gasteiger partial charge is 0.164 e. The minimum atomic E-state index is -0.684. The van der Waals surface area contributed by atoms with Gasteiger partial charge in [0.25, 0.3) is 0 Å². The molecule has 1 aromatic heterocycles. The SMILES string of the molecule is c1ccc(-c2ccc(N(c3ccc(-c4ccccc4)cc3)c3ccc(C4(c5cccc(-c6nc(-c7ccc8ccccc8c7)nc(-c7ccc8ccccc8c7)n6)c5)c5ccccc5-c5ccccc54)cc3)cc2)cc1. The fraction of sp³-hybridized carbons (Fsp3) is 0.0139. The van der Waals surface area contributed by atoms with Gasteiger partial charge in [-0.2, -0.15) is 0 Å². The number of hydrogen-bond donors (Lipinski definition) is 0.